The van der Waals surface area contributed by atoms with Gasteiger partial charge in [0.15, 0.2) is 0 Å². The fraction of sp³-hybridized carbons (Fsp3) is 0. The summed E-state index contributed by atoms with van der Waals surface area (Å²) in [6, 6.07) is 9.56. The van der Waals surface area contributed by atoms with Gasteiger partial charge in [0.25, 0.3) is 0 Å². The molecular weight excluding hydrogens is 260 g/mol. The Balaban J connectivity index is 2.40. The van der Waals surface area contributed by atoms with E-state index in [1.54, 1.807) is 29.2 Å². The van der Waals surface area contributed by atoms with Crippen molar-refractivity contribution in [3.8, 4) is 0 Å². The molecule has 16 heavy (non-hydrogen) atoms. The highest BCUT2D eigenvalue weighted by Gasteiger charge is 2.11. The Labute approximate surface area is 107 Å². The molecule has 0 saturated heterocycles. The molecule has 0 aliphatic rings. The lowest BCUT2D eigenvalue weighted by molar-refractivity contribution is 1.34. The van der Waals surface area contributed by atoms with E-state index in [0.717, 1.165) is 9.10 Å². The highest BCUT2D eigenvalue weighted by atomic mass is 35.5. The van der Waals surface area contributed by atoms with E-state index >= 15 is 0 Å². The van der Waals surface area contributed by atoms with Crippen LogP contribution in [0, 0.1) is 5.41 Å². The number of benzene rings is 1. The number of rotatable bonds is 3. The first-order valence-corrected chi connectivity index (χ1v) is 6.60. The zero-order valence-corrected chi connectivity index (χ0v) is 10.6. The number of hydrogen-bond donors (Lipinski definition) is 2. The Morgan fingerprint density at radius 2 is 2.12 bits per heavy atom. The van der Waals surface area contributed by atoms with E-state index in [1.807, 2.05) is 29.6 Å². The third-order valence-corrected chi connectivity index (χ3v) is 4.36. The largest absolute Gasteiger partial charge is 0.384 e. The zero-order valence-electron chi connectivity index (χ0n) is 8.24. The zero-order chi connectivity index (χ0) is 11.5. The fourth-order valence-corrected chi connectivity index (χ4v) is 3.52. The molecule has 82 valence electrons. The Morgan fingerprint density at radius 3 is 2.75 bits per heavy atom. The van der Waals surface area contributed by atoms with E-state index in [-0.39, 0.29) is 5.84 Å². The van der Waals surface area contributed by atoms with E-state index in [2.05, 4.69) is 0 Å². The van der Waals surface area contributed by atoms with Gasteiger partial charge in [-0.05, 0) is 23.6 Å². The molecule has 0 amide bonds. The number of hydrogen-bond acceptors (Lipinski definition) is 3. The molecular formula is C11H9ClN2S2. The van der Waals surface area contributed by atoms with Crippen molar-refractivity contribution < 1.29 is 0 Å². The molecule has 0 atom stereocenters. The molecule has 1 aromatic heterocycles. The van der Waals surface area contributed by atoms with Crippen molar-refractivity contribution in [3.63, 3.8) is 0 Å². The third-order valence-electron chi connectivity index (χ3n) is 1.95. The normalized spacial score (nSPS) is 10.3. The first kappa shape index (κ1) is 11.5. The summed E-state index contributed by atoms with van der Waals surface area (Å²) >= 11 is 9.26. The highest BCUT2D eigenvalue weighted by molar-refractivity contribution is 8.01. The molecule has 0 aliphatic carbocycles. The Bertz CT molecular complexity index is 509. The number of nitrogen functional groups attached to an aromatic ring is 1. The van der Waals surface area contributed by atoms with Crippen LogP contribution in [0.1, 0.15) is 5.56 Å². The molecule has 5 heteroatoms. The van der Waals surface area contributed by atoms with Crippen molar-refractivity contribution in [2.24, 2.45) is 5.73 Å². The maximum absolute atomic E-state index is 7.53. The second-order valence-corrected chi connectivity index (χ2v) is 5.76. The van der Waals surface area contributed by atoms with Gasteiger partial charge in [-0.3, -0.25) is 5.41 Å². The van der Waals surface area contributed by atoms with E-state index in [9.17, 15) is 0 Å². The number of halogens is 1. The molecule has 2 nitrogen and oxygen atoms in total. The predicted octanol–water partition coefficient (Wildman–Crippen LogP) is 3.84. The predicted molar refractivity (Wildman–Crippen MR) is 70.9 cm³/mol. The van der Waals surface area contributed by atoms with Crippen LogP contribution >= 0.6 is 34.7 Å². The monoisotopic (exact) mass is 268 g/mol. The van der Waals surface area contributed by atoms with Crippen molar-refractivity contribution >= 4 is 40.5 Å². The molecule has 0 saturated carbocycles. The van der Waals surface area contributed by atoms with Gasteiger partial charge in [-0.2, -0.15) is 0 Å². The fourth-order valence-electron chi connectivity index (χ4n) is 1.28. The van der Waals surface area contributed by atoms with Crippen LogP contribution in [-0.2, 0) is 0 Å². The van der Waals surface area contributed by atoms with Gasteiger partial charge in [0.2, 0.25) is 0 Å². The average Bonchev–Trinajstić information content (AvgIpc) is 2.70. The molecule has 3 N–H and O–H groups in total. The van der Waals surface area contributed by atoms with Crippen LogP contribution in [0.3, 0.4) is 0 Å². The summed E-state index contributed by atoms with van der Waals surface area (Å²) in [5, 5.41) is 10.1. The van der Waals surface area contributed by atoms with E-state index in [1.165, 1.54) is 0 Å². The third kappa shape index (κ3) is 2.40. The summed E-state index contributed by atoms with van der Waals surface area (Å²) in [6.45, 7) is 0. The van der Waals surface area contributed by atoms with Crippen LogP contribution in [0.4, 0.5) is 0 Å². The lowest BCUT2D eigenvalue weighted by atomic mass is 10.2. The highest BCUT2D eigenvalue weighted by Crippen LogP contribution is 2.35. The molecule has 2 aromatic rings. The van der Waals surface area contributed by atoms with Gasteiger partial charge in [0.05, 0.1) is 9.23 Å². The minimum atomic E-state index is 0.00431. The first-order chi connectivity index (χ1) is 7.68. The molecule has 0 fully saturated rings. The van der Waals surface area contributed by atoms with Crippen LogP contribution in [0.2, 0.25) is 5.02 Å². The molecule has 0 spiro atoms. The summed E-state index contributed by atoms with van der Waals surface area (Å²) in [4.78, 5) is 0.919. The van der Waals surface area contributed by atoms with E-state index < -0.39 is 0 Å². The maximum atomic E-state index is 7.53. The quantitative estimate of drug-likeness (QED) is 0.656. The van der Waals surface area contributed by atoms with Gasteiger partial charge in [-0.1, -0.05) is 35.5 Å². The van der Waals surface area contributed by atoms with E-state index in [4.69, 9.17) is 22.7 Å². The van der Waals surface area contributed by atoms with Crippen molar-refractivity contribution in [2.45, 2.75) is 9.10 Å². The van der Waals surface area contributed by atoms with Gasteiger partial charge in [-0.25, -0.2) is 0 Å². The Kier molecular flexibility index (Phi) is 3.53. The van der Waals surface area contributed by atoms with Crippen molar-refractivity contribution in [1.29, 1.82) is 5.41 Å². The van der Waals surface area contributed by atoms with Crippen LogP contribution in [-0.4, -0.2) is 5.84 Å². The molecule has 2 rings (SSSR count). The Morgan fingerprint density at radius 1 is 1.31 bits per heavy atom. The second kappa shape index (κ2) is 4.91. The van der Waals surface area contributed by atoms with Gasteiger partial charge in [0, 0.05) is 10.5 Å². The summed E-state index contributed by atoms with van der Waals surface area (Å²) in [6.07, 6.45) is 0. The number of nitrogens with two attached hydrogens (primary N) is 1. The van der Waals surface area contributed by atoms with Gasteiger partial charge in [-0.15, -0.1) is 11.3 Å². The minimum Gasteiger partial charge on any atom is -0.384 e. The first-order valence-electron chi connectivity index (χ1n) is 4.53. The molecule has 1 heterocycles. The summed E-state index contributed by atoms with van der Waals surface area (Å²) in [7, 11) is 0. The molecule has 1 aromatic carbocycles. The SMILES string of the molecule is N=C(N)c1c(Cl)cccc1Sc1cccs1. The average molecular weight is 269 g/mol. The molecule has 0 bridgehead atoms. The second-order valence-electron chi connectivity index (χ2n) is 3.06. The van der Waals surface area contributed by atoms with Crippen LogP contribution in [0.25, 0.3) is 0 Å². The summed E-state index contributed by atoms with van der Waals surface area (Å²) in [5.74, 6) is 0.00431. The molecule has 0 unspecified atom stereocenters. The lowest BCUT2D eigenvalue weighted by Gasteiger charge is -2.08. The number of thiophene rings is 1. The van der Waals surface area contributed by atoms with Crippen molar-refractivity contribution in [1.82, 2.24) is 0 Å². The number of nitrogens with one attached hydrogen (secondary N) is 1. The molecule has 0 aliphatic heterocycles. The lowest BCUT2D eigenvalue weighted by Crippen LogP contribution is -2.12. The number of amidine groups is 1. The van der Waals surface area contributed by atoms with Crippen LogP contribution < -0.4 is 5.73 Å². The Hall–Kier alpha value is -0.970. The maximum Gasteiger partial charge on any atom is 0.125 e. The standard InChI is InChI=1S/C11H9ClN2S2/c12-7-3-1-4-8(10(7)11(13)14)16-9-5-2-6-15-9/h1-6H,(H3,13,14). The summed E-state index contributed by atoms with van der Waals surface area (Å²) in [5.41, 5.74) is 6.15. The van der Waals surface area contributed by atoms with Crippen LogP contribution in [0.5, 0.6) is 0 Å². The van der Waals surface area contributed by atoms with E-state index in [0.29, 0.717) is 10.6 Å². The van der Waals surface area contributed by atoms with Crippen LogP contribution in [0.15, 0.2) is 44.8 Å². The smallest absolute Gasteiger partial charge is 0.125 e. The van der Waals surface area contributed by atoms with Crippen molar-refractivity contribution in [3.05, 3.63) is 46.3 Å². The molecule has 0 radical (unpaired) electrons. The summed E-state index contributed by atoms with van der Waals surface area (Å²) < 4.78 is 1.16. The minimum absolute atomic E-state index is 0.00431. The van der Waals surface area contributed by atoms with Gasteiger partial charge in [0.1, 0.15) is 5.84 Å². The van der Waals surface area contributed by atoms with Gasteiger partial charge < -0.3 is 5.73 Å². The topological polar surface area (TPSA) is 49.9 Å². The van der Waals surface area contributed by atoms with Crippen molar-refractivity contribution in [2.75, 3.05) is 0 Å². The van der Waals surface area contributed by atoms with Gasteiger partial charge >= 0.3 is 0 Å².